The van der Waals surface area contributed by atoms with E-state index >= 15 is 0 Å². The summed E-state index contributed by atoms with van der Waals surface area (Å²) in [6, 6.07) is 5.11. The van der Waals surface area contributed by atoms with E-state index in [0.29, 0.717) is 23.6 Å². The topological polar surface area (TPSA) is 97.3 Å². The van der Waals surface area contributed by atoms with Gasteiger partial charge in [-0.25, -0.2) is 4.31 Å². The van der Waals surface area contributed by atoms with E-state index in [4.69, 9.17) is 9.47 Å². The molecular formula is C23H27N3O5S. The molecule has 4 fully saturated rings. The summed E-state index contributed by atoms with van der Waals surface area (Å²) >= 11 is 0. The summed E-state index contributed by atoms with van der Waals surface area (Å²) in [4.78, 5) is 13.2. The van der Waals surface area contributed by atoms with Gasteiger partial charge in [-0.15, -0.1) is 4.40 Å². The van der Waals surface area contributed by atoms with Crippen LogP contribution >= 0.6 is 0 Å². The highest BCUT2D eigenvalue weighted by Crippen LogP contribution is 2.59. The molecule has 0 aromatic heterocycles. The van der Waals surface area contributed by atoms with Crippen molar-refractivity contribution in [3.8, 4) is 11.5 Å². The number of benzene rings is 1. The van der Waals surface area contributed by atoms with Gasteiger partial charge in [0, 0.05) is 19.2 Å². The number of fused-ring (bicyclic) bond motifs is 1. The minimum absolute atomic E-state index is 0.0809. The Kier molecular flexibility index (Phi) is 4.38. The molecule has 2 aliphatic heterocycles. The number of ether oxygens (including phenoxy) is 2. The van der Waals surface area contributed by atoms with E-state index in [-0.39, 0.29) is 29.5 Å². The summed E-state index contributed by atoms with van der Waals surface area (Å²) in [6.07, 6.45) is 9.09. The number of hydrogen-bond donors (Lipinski definition) is 1. The Bertz CT molecular complexity index is 1120. The molecule has 0 radical (unpaired) electrons. The number of hydrogen-bond acceptors (Lipinski definition) is 5. The largest absolute Gasteiger partial charge is 0.454 e. The van der Waals surface area contributed by atoms with Gasteiger partial charge in [0.05, 0.1) is 5.71 Å². The summed E-state index contributed by atoms with van der Waals surface area (Å²) in [5.74, 6) is 3.13. The first-order chi connectivity index (χ1) is 15.3. The predicted octanol–water partition coefficient (Wildman–Crippen LogP) is 2.61. The second-order valence-corrected chi connectivity index (χ2v) is 11.7. The van der Waals surface area contributed by atoms with Gasteiger partial charge in [0.2, 0.25) is 6.79 Å². The zero-order valence-corrected chi connectivity index (χ0v) is 18.9. The van der Waals surface area contributed by atoms with Crippen LogP contribution < -0.4 is 14.8 Å². The third-order valence-corrected chi connectivity index (χ3v) is 9.18. The normalized spacial score (nSPS) is 33.7. The number of likely N-dealkylation sites (N-methyl/N-ethyl adjacent to an activating group) is 1. The van der Waals surface area contributed by atoms with Crippen molar-refractivity contribution in [2.45, 2.75) is 38.5 Å². The highest BCUT2D eigenvalue weighted by atomic mass is 32.2. The Morgan fingerprint density at radius 2 is 1.78 bits per heavy atom. The third-order valence-electron chi connectivity index (χ3n) is 7.86. The Balaban J connectivity index is 1.24. The van der Waals surface area contributed by atoms with Gasteiger partial charge in [-0.2, -0.15) is 8.42 Å². The van der Waals surface area contributed by atoms with Crippen molar-refractivity contribution in [3.63, 3.8) is 0 Å². The van der Waals surface area contributed by atoms with Crippen molar-refractivity contribution < 1.29 is 22.7 Å². The van der Waals surface area contributed by atoms with Crippen LogP contribution in [0.1, 0.15) is 44.1 Å². The highest BCUT2D eigenvalue weighted by Gasteiger charge is 2.51. The molecule has 0 saturated heterocycles. The Labute approximate surface area is 187 Å². The summed E-state index contributed by atoms with van der Waals surface area (Å²) < 4.78 is 41.0. The molecule has 0 atom stereocenters. The number of allylic oxidation sites excluding steroid dienone is 1. The maximum absolute atomic E-state index is 13.2. The highest BCUT2D eigenvalue weighted by molar-refractivity contribution is 7.88. The van der Waals surface area contributed by atoms with Crippen LogP contribution in [0.25, 0.3) is 0 Å². The number of amides is 1. The van der Waals surface area contributed by atoms with E-state index in [1.165, 1.54) is 51.6 Å². The maximum atomic E-state index is 13.2. The average Bonchev–Trinajstić information content (AvgIpc) is 3.21. The lowest BCUT2D eigenvalue weighted by Gasteiger charge is -2.56. The molecule has 1 N–H and O–H groups in total. The summed E-state index contributed by atoms with van der Waals surface area (Å²) in [7, 11) is -2.64. The van der Waals surface area contributed by atoms with Gasteiger partial charge >= 0.3 is 10.2 Å². The number of nitrogens with zero attached hydrogens (tertiary/aromatic N) is 2. The molecule has 0 unspecified atom stereocenters. The first-order valence-electron chi connectivity index (χ1n) is 11.3. The lowest BCUT2D eigenvalue weighted by atomic mass is 9.49. The molecule has 1 aromatic rings. The van der Waals surface area contributed by atoms with Crippen molar-refractivity contribution in [2.75, 3.05) is 20.4 Å². The van der Waals surface area contributed by atoms with Gasteiger partial charge in [-0.3, -0.25) is 4.79 Å². The Morgan fingerprint density at radius 3 is 2.47 bits per heavy atom. The van der Waals surface area contributed by atoms with Crippen LogP contribution in [0.15, 0.2) is 34.4 Å². The van der Waals surface area contributed by atoms with E-state index in [0.717, 1.165) is 22.1 Å². The molecular weight excluding hydrogens is 430 g/mol. The lowest BCUT2D eigenvalue weighted by molar-refractivity contribution is -0.120. The smallest absolute Gasteiger partial charge is 0.345 e. The molecule has 2 heterocycles. The minimum atomic E-state index is -4.01. The lowest BCUT2D eigenvalue weighted by Crippen LogP contribution is -2.52. The van der Waals surface area contributed by atoms with Crippen LogP contribution in [0.4, 0.5) is 0 Å². The summed E-state index contributed by atoms with van der Waals surface area (Å²) in [5.41, 5.74) is 1.02. The molecule has 4 aliphatic carbocycles. The SMILES string of the molecule is CN1C(C(=O)NCC23CC4CC(CC(C4)C2)C3)=CC(c2ccc3c(c2)OCO3)=NS1(=O)=O. The summed E-state index contributed by atoms with van der Waals surface area (Å²) in [5, 5.41) is 3.08. The second kappa shape index (κ2) is 6.97. The van der Waals surface area contributed by atoms with Crippen molar-refractivity contribution >= 4 is 21.8 Å². The van der Waals surface area contributed by atoms with Crippen LogP contribution in [0.2, 0.25) is 0 Å². The van der Waals surface area contributed by atoms with Gasteiger partial charge in [0.1, 0.15) is 5.70 Å². The van der Waals surface area contributed by atoms with Crippen LogP contribution in [0, 0.1) is 23.2 Å². The molecule has 4 bridgehead atoms. The first kappa shape index (κ1) is 20.1. The number of nitrogens with one attached hydrogen (secondary N) is 1. The van der Waals surface area contributed by atoms with Crippen LogP contribution in [-0.4, -0.2) is 44.7 Å². The van der Waals surface area contributed by atoms with Crippen molar-refractivity contribution in [1.82, 2.24) is 9.62 Å². The van der Waals surface area contributed by atoms with Crippen molar-refractivity contribution in [3.05, 3.63) is 35.5 Å². The van der Waals surface area contributed by atoms with Gasteiger partial charge in [-0.1, -0.05) is 0 Å². The molecule has 6 aliphatic rings. The predicted molar refractivity (Wildman–Crippen MR) is 117 cm³/mol. The van der Waals surface area contributed by atoms with Crippen molar-refractivity contribution in [2.24, 2.45) is 27.6 Å². The van der Waals surface area contributed by atoms with Gasteiger partial charge in [0.25, 0.3) is 5.91 Å². The molecule has 1 aromatic carbocycles. The third kappa shape index (κ3) is 3.29. The molecule has 4 saturated carbocycles. The molecule has 7 rings (SSSR count). The molecule has 9 heteroatoms. The maximum Gasteiger partial charge on any atom is 0.345 e. The number of rotatable bonds is 4. The molecule has 170 valence electrons. The van der Waals surface area contributed by atoms with Gasteiger partial charge in [0.15, 0.2) is 11.5 Å². The van der Waals surface area contributed by atoms with E-state index in [1.807, 2.05) is 0 Å². The molecule has 0 spiro atoms. The fourth-order valence-electron chi connectivity index (χ4n) is 6.82. The second-order valence-electron chi connectivity index (χ2n) is 10.1. The average molecular weight is 458 g/mol. The Hall–Kier alpha value is -2.55. The zero-order valence-electron chi connectivity index (χ0n) is 18.0. The van der Waals surface area contributed by atoms with Crippen LogP contribution in [0.3, 0.4) is 0 Å². The fraction of sp³-hybridized carbons (Fsp3) is 0.565. The van der Waals surface area contributed by atoms with E-state index in [1.54, 1.807) is 18.2 Å². The van der Waals surface area contributed by atoms with Crippen molar-refractivity contribution in [1.29, 1.82) is 0 Å². The molecule has 32 heavy (non-hydrogen) atoms. The van der Waals surface area contributed by atoms with Crippen LogP contribution in [-0.2, 0) is 15.0 Å². The fourth-order valence-corrected chi connectivity index (χ4v) is 7.74. The van der Waals surface area contributed by atoms with Gasteiger partial charge < -0.3 is 14.8 Å². The van der Waals surface area contributed by atoms with Crippen LogP contribution in [0.5, 0.6) is 11.5 Å². The van der Waals surface area contributed by atoms with E-state index in [9.17, 15) is 13.2 Å². The zero-order chi connectivity index (χ0) is 22.1. The first-order valence-corrected chi connectivity index (χ1v) is 12.7. The van der Waals surface area contributed by atoms with E-state index < -0.39 is 10.2 Å². The van der Waals surface area contributed by atoms with Gasteiger partial charge in [-0.05, 0) is 86.0 Å². The summed E-state index contributed by atoms with van der Waals surface area (Å²) in [6.45, 7) is 0.733. The Morgan fingerprint density at radius 1 is 1.12 bits per heavy atom. The number of carbonyl (C=O) groups excluding carboxylic acids is 1. The standard InChI is InChI=1S/C23H27N3O5S/c1-26-19(22(27)24-12-23-9-14-4-15(10-23)6-16(5-14)11-23)8-18(25-32(26,28)29)17-2-3-20-21(7-17)31-13-30-20/h2-3,7-8,14-16H,4-6,9-13H2,1H3,(H,24,27). The quantitative estimate of drug-likeness (QED) is 0.750. The molecule has 8 nitrogen and oxygen atoms in total. The minimum Gasteiger partial charge on any atom is -0.454 e. The van der Waals surface area contributed by atoms with E-state index in [2.05, 4.69) is 9.71 Å². The monoisotopic (exact) mass is 457 g/mol. The number of carbonyl (C=O) groups is 1. The molecule has 1 amide bonds.